The van der Waals surface area contributed by atoms with E-state index in [2.05, 4.69) is 24.1 Å². The summed E-state index contributed by atoms with van der Waals surface area (Å²) in [5.74, 6) is 0.00929. The zero-order chi connectivity index (χ0) is 12.4. The summed E-state index contributed by atoms with van der Waals surface area (Å²) < 4.78 is 5.17. The summed E-state index contributed by atoms with van der Waals surface area (Å²) in [5, 5.41) is 5.40. The Bertz CT molecular complexity index is 405. The van der Waals surface area contributed by atoms with Gasteiger partial charge in [-0.25, -0.2) is 4.98 Å². The minimum absolute atomic E-state index is 0.0975. The molecule has 5 nitrogen and oxygen atoms in total. The molecule has 1 fully saturated rings. The first-order valence-corrected chi connectivity index (χ1v) is 6.55. The number of nitrogens with one attached hydrogen (secondary N) is 1. The van der Waals surface area contributed by atoms with Crippen LogP contribution in [0.15, 0.2) is 5.38 Å². The van der Waals surface area contributed by atoms with Crippen LogP contribution in [-0.4, -0.2) is 30.1 Å². The van der Waals surface area contributed by atoms with E-state index in [-0.39, 0.29) is 17.9 Å². The second-order valence-electron chi connectivity index (χ2n) is 4.53. The number of anilines is 1. The van der Waals surface area contributed by atoms with Crippen molar-refractivity contribution in [2.45, 2.75) is 25.8 Å². The lowest BCUT2D eigenvalue weighted by Crippen LogP contribution is -2.37. The Morgan fingerprint density at radius 2 is 2.41 bits per heavy atom. The molecule has 0 radical (unpaired) electrons. The van der Waals surface area contributed by atoms with Crippen LogP contribution < -0.4 is 11.1 Å². The van der Waals surface area contributed by atoms with Crippen molar-refractivity contribution in [1.29, 1.82) is 0 Å². The number of carbonyl (C=O) groups is 1. The first-order valence-electron chi connectivity index (χ1n) is 5.67. The Morgan fingerprint density at radius 1 is 1.65 bits per heavy atom. The van der Waals surface area contributed by atoms with E-state index >= 15 is 0 Å². The number of carbonyl (C=O) groups excluding carboxylic acids is 1. The molecule has 0 aliphatic carbocycles. The molecule has 1 aromatic heterocycles. The number of ether oxygens (including phenoxy) is 1. The monoisotopic (exact) mass is 255 g/mol. The Balaban J connectivity index is 1.97. The van der Waals surface area contributed by atoms with Crippen molar-refractivity contribution in [1.82, 2.24) is 4.98 Å². The largest absolute Gasteiger partial charge is 0.379 e. The van der Waals surface area contributed by atoms with E-state index in [4.69, 9.17) is 10.5 Å². The van der Waals surface area contributed by atoms with E-state index < -0.39 is 0 Å². The van der Waals surface area contributed by atoms with Crippen molar-refractivity contribution >= 4 is 22.4 Å². The summed E-state index contributed by atoms with van der Waals surface area (Å²) in [5.41, 5.74) is 6.78. The second kappa shape index (κ2) is 5.12. The molecule has 1 aliphatic heterocycles. The average molecular weight is 255 g/mol. The number of nitrogens with zero attached hydrogens (tertiary/aromatic N) is 1. The topological polar surface area (TPSA) is 77.2 Å². The normalized spacial score (nSPS) is 24.2. The summed E-state index contributed by atoms with van der Waals surface area (Å²) >= 11 is 1.44. The second-order valence-corrected chi connectivity index (χ2v) is 5.39. The van der Waals surface area contributed by atoms with Gasteiger partial charge >= 0.3 is 0 Å². The van der Waals surface area contributed by atoms with Crippen LogP contribution >= 0.6 is 11.3 Å². The number of hydrogen-bond acceptors (Lipinski definition) is 5. The molecule has 0 saturated carbocycles. The highest BCUT2D eigenvalue weighted by Gasteiger charge is 2.31. The average Bonchev–Trinajstić information content (AvgIpc) is 2.86. The highest BCUT2D eigenvalue weighted by molar-refractivity contribution is 7.13. The number of hydrogen-bond donors (Lipinski definition) is 2. The van der Waals surface area contributed by atoms with Crippen LogP contribution in [0.3, 0.4) is 0 Å². The lowest BCUT2D eigenvalue weighted by molar-refractivity contribution is -0.120. The van der Waals surface area contributed by atoms with Crippen molar-refractivity contribution in [2.75, 3.05) is 18.5 Å². The smallest absolute Gasteiger partial charge is 0.233 e. The zero-order valence-corrected chi connectivity index (χ0v) is 10.8. The highest BCUT2D eigenvalue weighted by Crippen LogP contribution is 2.22. The Labute approximate surface area is 104 Å². The van der Waals surface area contributed by atoms with Gasteiger partial charge in [-0.15, -0.1) is 11.3 Å². The van der Waals surface area contributed by atoms with Crippen molar-refractivity contribution in [2.24, 2.45) is 11.7 Å². The maximum atomic E-state index is 11.9. The molecular formula is C11H17N3O2S. The van der Waals surface area contributed by atoms with Crippen molar-refractivity contribution in [3.63, 3.8) is 0 Å². The molecule has 0 spiro atoms. The van der Waals surface area contributed by atoms with Gasteiger partial charge in [0.1, 0.15) is 0 Å². The van der Waals surface area contributed by atoms with E-state index in [1.54, 1.807) is 0 Å². The molecule has 1 aromatic rings. The number of amides is 1. The van der Waals surface area contributed by atoms with Gasteiger partial charge in [-0.05, 0) is 5.92 Å². The molecule has 6 heteroatoms. The van der Waals surface area contributed by atoms with Gasteiger partial charge in [0.25, 0.3) is 0 Å². The first kappa shape index (κ1) is 12.5. The first-order chi connectivity index (χ1) is 8.08. The number of nitrogens with two attached hydrogens (primary N) is 1. The molecule has 0 aromatic carbocycles. The molecule has 1 aliphatic rings. The Morgan fingerprint density at radius 3 is 2.94 bits per heavy atom. The number of rotatable bonds is 3. The van der Waals surface area contributed by atoms with Gasteiger partial charge in [-0.3, -0.25) is 4.79 Å². The van der Waals surface area contributed by atoms with Gasteiger partial charge in [0.05, 0.1) is 24.8 Å². The third kappa shape index (κ3) is 2.83. The molecule has 2 rings (SSSR count). The van der Waals surface area contributed by atoms with Crippen LogP contribution in [0.2, 0.25) is 0 Å². The standard InChI is InChI=1S/C11H17N3O2S/c1-6(2)9-5-17-11(13-9)14-10(15)7-3-16-4-8(7)12/h5-8H,3-4,12H2,1-2H3,(H,13,14,15). The van der Waals surface area contributed by atoms with Gasteiger partial charge in [0.15, 0.2) is 5.13 Å². The van der Waals surface area contributed by atoms with E-state index in [1.807, 2.05) is 5.38 Å². The van der Waals surface area contributed by atoms with Crippen LogP contribution in [-0.2, 0) is 9.53 Å². The van der Waals surface area contributed by atoms with Crippen molar-refractivity contribution < 1.29 is 9.53 Å². The van der Waals surface area contributed by atoms with Crippen LogP contribution in [0.5, 0.6) is 0 Å². The van der Waals surface area contributed by atoms with E-state index in [0.717, 1.165) is 5.69 Å². The molecule has 94 valence electrons. The van der Waals surface area contributed by atoms with Crippen molar-refractivity contribution in [3.05, 3.63) is 11.1 Å². The Kier molecular flexibility index (Phi) is 3.76. The summed E-state index contributed by atoms with van der Waals surface area (Å²) in [4.78, 5) is 16.3. The minimum Gasteiger partial charge on any atom is -0.379 e. The fraction of sp³-hybridized carbons (Fsp3) is 0.636. The molecule has 2 atom stereocenters. The molecule has 3 N–H and O–H groups in total. The quantitative estimate of drug-likeness (QED) is 0.850. The number of aromatic nitrogens is 1. The predicted molar refractivity (Wildman–Crippen MR) is 67.1 cm³/mol. The molecule has 2 heterocycles. The highest BCUT2D eigenvalue weighted by atomic mass is 32.1. The number of thiazole rings is 1. The summed E-state index contributed by atoms with van der Waals surface area (Å²) in [6, 6.07) is -0.209. The summed E-state index contributed by atoms with van der Waals surface area (Å²) in [7, 11) is 0. The molecule has 0 bridgehead atoms. The lowest BCUT2D eigenvalue weighted by Gasteiger charge is -2.11. The molecule has 2 unspecified atom stereocenters. The molecule has 1 saturated heterocycles. The third-order valence-corrected chi connectivity index (χ3v) is 3.58. The van der Waals surface area contributed by atoms with Gasteiger partial charge in [0, 0.05) is 11.4 Å². The maximum Gasteiger partial charge on any atom is 0.233 e. The molecule has 1 amide bonds. The fourth-order valence-electron chi connectivity index (χ4n) is 1.65. The van der Waals surface area contributed by atoms with Gasteiger partial charge in [-0.2, -0.15) is 0 Å². The van der Waals surface area contributed by atoms with Gasteiger partial charge in [0.2, 0.25) is 5.91 Å². The van der Waals surface area contributed by atoms with Crippen LogP contribution in [0.1, 0.15) is 25.5 Å². The summed E-state index contributed by atoms with van der Waals surface area (Å²) in [6.45, 7) is 4.99. The maximum absolute atomic E-state index is 11.9. The minimum atomic E-state index is -0.263. The van der Waals surface area contributed by atoms with Crippen LogP contribution in [0, 0.1) is 5.92 Å². The van der Waals surface area contributed by atoms with Crippen LogP contribution in [0.25, 0.3) is 0 Å². The van der Waals surface area contributed by atoms with Gasteiger partial charge < -0.3 is 15.8 Å². The van der Waals surface area contributed by atoms with E-state index in [9.17, 15) is 4.79 Å². The van der Waals surface area contributed by atoms with Gasteiger partial charge in [-0.1, -0.05) is 13.8 Å². The SMILES string of the molecule is CC(C)c1csc(NC(=O)C2COCC2N)n1. The third-order valence-electron chi connectivity index (χ3n) is 2.80. The Hall–Kier alpha value is -0.980. The van der Waals surface area contributed by atoms with E-state index in [0.29, 0.717) is 24.3 Å². The predicted octanol–water partition coefficient (Wildman–Crippen LogP) is 1.18. The van der Waals surface area contributed by atoms with Crippen molar-refractivity contribution in [3.8, 4) is 0 Å². The zero-order valence-electron chi connectivity index (χ0n) is 9.97. The molecular weight excluding hydrogens is 238 g/mol. The van der Waals surface area contributed by atoms with Crippen LogP contribution in [0.4, 0.5) is 5.13 Å². The summed E-state index contributed by atoms with van der Waals surface area (Å²) in [6.07, 6.45) is 0. The van der Waals surface area contributed by atoms with E-state index in [1.165, 1.54) is 11.3 Å². The molecule has 17 heavy (non-hydrogen) atoms. The lowest BCUT2D eigenvalue weighted by atomic mass is 10.0. The fourth-order valence-corrected chi connectivity index (χ4v) is 2.52.